The van der Waals surface area contributed by atoms with Crippen molar-refractivity contribution >= 4 is 35.0 Å². The Morgan fingerprint density at radius 1 is 1.16 bits per heavy atom. The highest BCUT2D eigenvalue weighted by atomic mass is 32.1. The monoisotopic (exact) mass is 466 g/mol. The summed E-state index contributed by atoms with van der Waals surface area (Å²) in [5.41, 5.74) is -0.937. The maximum Gasteiger partial charge on any atom is 0.416 e. The minimum absolute atomic E-state index is 0.0480. The zero-order chi connectivity index (χ0) is 22.6. The molecule has 5 rings (SSSR count). The minimum Gasteiger partial charge on any atom is -0.362 e. The van der Waals surface area contributed by atoms with E-state index in [1.54, 1.807) is 0 Å². The third-order valence-electron chi connectivity index (χ3n) is 7.22. The average molecular weight is 467 g/mol. The molecule has 0 spiro atoms. The van der Waals surface area contributed by atoms with Gasteiger partial charge in [0.15, 0.2) is 5.11 Å². The van der Waals surface area contributed by atoms with Crippen molar-refractivity contribution in [1.29, 1.82) is 0 Å². The molecule has 4 aliphatic rings. The summed E-state index contributed by atoms with van der Waals surface area (Å²) >= 11 is 5.62. The molecule has 4 fully saturated rings. The van der Waals surface area contributed by atoms with E-state index >= 15 is 0 Å². The first kappa shape index (κ1) is 21.5. The summed E-state index contributed by atoms with van der Waals surface area (Å²) in [6.07, 6.45) is 2.24. The zero-order valence-electron chi connectivity index (χ0n) is 17.5. The number of carbonyl (C=O) groups is 2. The number of benzene rings is 1. The number of alkyl halides is 3. The molecule has 3 amide bonds. The SMILES string of the molecule is O=C1[C@H]2C3CC(CN3C(=S)NCC3CCCCC3)N2C(=O)N1c1cccc(C(F)(F)F)c1. The van der Waals surface area contributed by atoms with Crippen LogP contribution in [-0.4, -0.2) is 58.1 Å². The van der Waals surface area contributed by atoms with Gasteiger partial charge in [-0.15, -0.1) is 0 Å². The fourth-order valence-corrected chi connectivity index (χ4v) is 5.97. The van der Waals surface area contributed by atoms with E-state index in [0.717, 1.165) is 23.6 Å². The molecular formula is C22H25F3N4O2S. The summed E-state index contributed by atoms with van der Waals surface area (Å²) < 4.78 is 39.4. The van der Waals surface area contributed by atoms with Crippen molar-refractivity contribution in [1.82, 2.24) is 15.1 Å². The predicted octanol–water partition coefficient (Wildman–Crippen LogP) is 3.75. The molecule has 3 heterocycles. The number of fused-ring (bicyclic) bond motifs is 5. The number of thiocarbonyl (C=S) groups is 1. The molecule has 1 aromatic carbocycles. The average Bonchev–Trinajstić information content (AvgIpc) is 3.43. The van der Waals surface area contributed by atoms with Crippen LogP contribution in [0.25, 0.3) is 0 Å². The summed E-state index contributed by atoms with van der Waals surface area (Å²) in [5.74, 6) is 0.116. The second kappa shape index (κ2) is 7.90. The van der Waals surface area contributed by atoms with Gasteiger partial charge in [0.25, 0.3) is 5.91 Å². The molecular weight excluding hydrogens is 441 g/mol. The number of carbonyl (C=O) groups excluding carboxylic acids is 2. The third kappa shape index (κ3) is 3.52. The van der Waals surface area contributed by atoms with Crippen LogP contribution in [0.4, 0.5) is 23.7 Å². The number of urea groups is 1. The second-order valence-corrected chi connectivity index (χ2v) is 9.54. The highest BCUT2D eigenvalue weighted by Gasteiger charge is 2.62. The number of hydrogen-bond acceptors (Lipinski definition) is 3. The van der Waals surface area contributed by atoms with Crippen LogP contribution in [0.5, 0.6) is 0 Å². The van der Waals surface area contributed by atoms with E-state index in [4.69, 9.17) is 12.2 Å². The van der Waals surface area contributed by atoms with E-state index < -0.39 is 29.7 Å². The van der Waals surface area contributed by atoms with Gasteiger partial charge in [-0.2, -0.15) is 13.2 Å². The van der Waals surface area contributed by atoms with E-state index in [2.05, 4.69) is 5.32 Å². The van der Waals surface area contributed by atoms with Crippen molar-refractivity contribution in [3.63, 3.8) is 0 Å². The van der Waals surface area contributed by atoms with E-state index in [1.807, 2.05) is 4.90 Å². The summed E-state index contributed by atoms with van der Waals surface area (Å²) in [7, 11) is 0. The van der Waals surface area contributed by atoms with Crippen molar-refractivity contribution < 1.29 is 22.8 Å². The van der Waals surface area contributed by atoms with Gasteiger partial charge in [-0.1, -0.05) is 25.3 Å². The number of likely N-dealkylation sites (tertiary alicyclic amines) is 1. The Bertz CT molecular complexity index is 949. The second-order valence-electron chi connectivity index (χ2n) is 9.16. The predicted molar refractivity (Wildman–Crippen MR) is 116 cm³/mol. The Morgan fingerprint density at radius 3 is 2.62 bits per heavy atom. The molecule has 3 atom stereocenters. The first-order valence-electron chi connectivity index (χ1n) is 11.1. The number of nitrogens with zero attached hydrogens (tertiary/aromatic N) is 3. The fraction of sp³-hybridized carbons (Fsp3) is 0.591. The van der Waals surface area contributed by atoms with E-state index in [-0.39, 0.29) is 17.8 Å². The van der Waals surface area contributed by atoms with Crippen molar-refractivity contribution in [2.24, 2.45) is 5.92 Å². The number of anilines is 1. The molecule has 1 saturated carbocycles. The molecule has 1 aliphatic carbocycles. The molecule has 10 heteroatoms. The Hall–Kier alpha value is -2.36. The highest BCUT2D eigenvalue weighted by Crippen LogP contribution is 2.43. The molecule has 6 nitrogen and oxygen atoms in total. The lowest BCUT2D eigenvalue weighted by molar-refractivity contribution is -0.137. The van der Waals surface area contributed by atoms with Crippen LogP contribution >= 0.6 is 12.2 Å². The Kier molecular flexibility index (Phi) is 5.30. The highest BCUT2D eigenvalue weighted by molar-refractivity contribution is 7.80. The first-order chi connectivity index (χ1) is 15.3. The minimum atomic E-state index is -4.55. The van der Waals surface area contributed by atoms with E-state index in [0.29, 0.717) is 24.0 Å². The topological polar surface area (TPSA) is 55.9 Å². The number of piperazine rings is 1. The van der Waals surface area contributed by atoms with Crippen molar-refractivity contribution in [2.75, 3.05) is 18.0 Å². The maximum atomic E-state index is 13.2. The van der Waals surface area contributed by atoms with Crippen LogP contribution in [0.3, 0.4) is 0 Å². The molecule has 3 aliphatic heterocycles. The van der Waals surface area contributed by atoms with Crippen molar-refractivity contribution in [2.45, 2.75) is 62.8 Å². The molecule has 1 aromatic rings. The molecule has 0 aromatic heterocycles. The number of rotatable bonds is 3. The smallest absolute Gasteiger partial charge is 0.362 e. The maximum absolute atomic E-state index is 13.2. The largest absolute Gasteiger partial charge is 0.416 e. The van der Waals surface area contributed by atoms with Crippen molar-refractivity contribution in [3.8, 4) is 0 Å². The van der Waals surface area contributed by atoms with Gasteiger partial charge in [-0.3, -0.25) is 4.79 Å². The lowest BCUT2D eigenvalue weighted by atomic mass is 9.89. The van der Waals surface area contributed by atoms with Crippen molar-refractivity contribution in [3.05, 3.63) is 29.8 Å². The van der Waals surface area contributed by atoms with Gasteiger partial charge in [0.05, 0.1) is 23.3 Å². The molecule has 1 N–H and O–H groups in total. The molecule has 172 valence electrons. The quantitative estimate of drug-likeness (QED) is 0.543. The molecule has 32 heavy (non-hydrogen) atoms. The van der Waals surface area contributed by atoms with Crippen LogP contribution in [0.2, 0.25) is 0 Å². The van der Waals surface area contributed by atoms with Crippen LogP contribution in [-0.2, 0) is 11.0 Å². The lowest BCUT2D eigenvalue weighted by Gasteiger charge is -2.37. The third-order valence-corrected chi connectivity index (χ3v) is 7.60. The molecule has 3 saturated heterocycles. The molecule has 2 bridgehead atoms. The van der Waals surface area contributed by atoms with Crippen LogP contribution in [0, 0.1) is 5.92 Å². The Balaban J connectivity index is 1.31. The number of hydrogen-bond donors (Lipinski definition) is 1. The first-order valence-corrected chi connectivity index (χ1v) is 11.5. The van der Waals surface area contributed by atoms with E-state index in [1.165, 1.54) is 49.1 Å². The number of nitrogens with one attached hydrogen (secondary N) is 1. The summed E-state index contributed by atoms with van der Waals surface area (Å²) in [4.78, 5) is 30.7. The standard InChI is InChI=1S/C22H25F3N4O2S/c23-22(24,25)14-7-4-8-15(9-14)29-19(30)18-17-10-16(28(18)21(29)31)12-27(17)20(32)26-11-13-5-2-1-3-6-13/h4,7-9,13,16-18H,1-3,5-6,10-12H2,(H,26,32)/t16?,17?,18-/m1/s1. The summed E-state index contributed by atoms with van der Waals surface area (Å²) in [6, 6.07) is 2.67. The Morgan fingerprint density at radius 2 is 1.91 bits per heavy atom. The van der Waals surface area contributed by atoms with Gasteiger partial charge in [-0.25, -0.2) is 9.69 Å². The van der Waals surface area contributed by atoms with Gasteiger partial charge in [0, 0.05) is 13.1 Å². The van der Waals surface area contributed by atoms with Gasteiger partial charge >= 0.3 is 12.2 Å². The zero-order valence-corrected chi connectivity index (χ0v) is 18.3. The fourth-order valence-electron chi connectivity index (χ4n) is 5.67. The lowest BCUT2D eigenvalue weighted by Crippen LogP contribution is -2.57. The molecule has 2 unspecified atom stereocenters. The van der Waals surface area contributed by atoms with E-state index in [9.17, 15) is 22.8 Å². The van der Waals surface area contributed by atoms with Gasteiger partial charge in [-0.05, 0) is 55.6 Å². The number of halogens is 3. The Labute approximate surface area is 189 Å². The van der Waals surface area contributed by atoms with Gasteiger partial charge in [0.2, 0.25) is 0 Å². The normalized spacial score (nSPS) is 28.0. The van der Waals surface area contributed by atoms with Crippen LogP contribution in [0.15, 0.2) is 24.3 Å². The van der Waals surface area contributed by atoms with Gasteiger partial charge in [0.1, 0.15) is 6.04 Å². The summed E-state index contributed by atoms with van der Waals surface area (Å²) in [5, 5.41) is 3.95. The van der Waals surface area contributed by atoms with Crippen LogP contribution in [0.1, 0.15) is 44.1 Å². The number of amides is 3. The summed E-state index contributed by atoms with van der Waals surface area (Å²) in [6.45, 7) is 1.34. The molecule has 0 radical (unpaired) electrons. The number of imide groups is 1. The van der Waals surface area contributed by atoms with Gasteiger partial charge < -0.3 is 15.1 Å². The van der Waals surface area contributed by atoms with Crippen LogP contribution < -0.4 is 10.2 Å².